The number of H-pyrrole nitrogens is 1. The lowest BCUT2D eigenvalue weighted by Crippen LogP contribution is -2.29. The third-order valence-corrected chi connectivity index (χ3v) is 5.10. The van der Waals surface area contributed by atoms with Gasteiger partial charge >= 0.3 is 0 Å². The first-order valence-electron chi connectivity index (χ1n) is 9.75. The van der Waals surface area contributed by atoms with Crippen LogP contribution in [-0.2, 0) is 11.2 Å². The standard InChI is InChI=1S/C25H24N2O/c28-24(17-9-14-21-18-26-23-16-8-7-15-22(21)23)27-25(19-10-3-1-4-11-19)20-12-5-2-6-13-20/h1-8,10-13,15-16,18,25-26H,9,14,17H2,(H,27,28). The number of nitrogens with one attached hydrogen (secondary N) is 2. The number of para-hydroxylation sites is 1. The summed E-state index contributed by atoms with van der Waals surface area (Å²) in [5, 5.41) is 4.46. The summed E-state index contributed by atoms with van der Waals surface area (Å²) in [7, 11) is 0. The van der Waals surface area contributed by atoms with Gasteiger partial charge in [0.05, 0.1) is 6.04 Å². The average molecular weight is 368 g/mol. The molecule has 1 aromatic heterocycles. The molecule has 0 saturated carbocycles. The van der Waals surface area contributed by atoms with Crippen LogP contribution in [0.4, 0.5) is 0 Å². The van der Waals surface area contributed by atoms with Crippen molar-refractivity contribution in [3.05, 3.63) is 108 Å². The lowest BCUT2D eigenvalue weighted by molar-refractivity contribution is -0.121. The molecule has 1 heterocycles. The Morgan fingerprint density at radius 3 is 2.11 bits per heavy atom. The molecule has 4 aromatic rings. The molecule has 0 atom stereocenters. The molecule has 0 bridgehead atoms. The van der Waals surface area contributed by atoms with E-state index in [1.165, 1.54) is 10.9 Å². The van der Waals surface area contributed by atoms with Gasteiger partial charge in [-0.25, -0.2) is 0 Å². The number of aromatic nitrogens is 1. The number of hydrogen-bond donors (Lipinski definition) is 2. The number of rotatable bonds is 7. The molecule has 0 fully saturated rings. The van der Waals surface area contributed by atoms with Gasteiger partial charge in [0, 0.05) is 23.5 Å². The van der Waals surface area contributed by atoms with Crippen LogP contribution in [0, 0.1) is 0 Å². The van der Waals surface area contributed by atoms with Gasteiger partial charge in [-0.05, 0) is 35.6 Å². The van der Waals surface area contributed by atoms with Crippen LogP contribution in [0.25, 0.3) is 10.9 Å². The Bertz CT molecular complexity index is 998. The SMILES string of the molecule is O=C(CCCc1c[nH]c2ccccc12)NC(c1ccccc1)c1ccccc1. The van der Waals surface area contributed by atoms with E-state index >= 15 is 0 Å². The first-order chi connectivity index (χ1) is 13.8. The van der Waals surface area contributed by atoms with Gasteiger partial charge in [-0.2, -0.15) is 0 Å². The number of amides is 1. The second kappa shape index (κ2) is 8.57. The van der Waals surface area contributed by atoms with E-state index in [0.717, 1.165) is 29.5 Å². The van der Waals surface area contributed by atoms with E-state index in [9.17, 15) is 4.79 Å². The summed E-state index contributed by atoms with van der Waals surface area (Å²) >= 11 is 0. The summed E-state index contributed by atoms with van der Waals surface area (Å²) in [6.45, 7) is 0. The van der Waals surface area contributed by atoms with Gasteiger partial charge in [-0.15, -0.1) is 0 Å². The van der Waals surface area contributed by atoms with Crippen molar-refractivity contribution < 1.29 is 4.79 Å². The van der Waals surface area contributed by atoms with Crippen molar-refractivity contribution in [3.63, 3.8) is 0 Å². The minimum Gasteiger partial charge on any atom is -0.361 e. The second-order valence-electron chi connectivity index (χ2n) is 7.03. The molecule has 28 heavy (non-hydrogen) atoms. The summed E-state index contributed by atoms with van der Waals surface area (Å²) in [5.41, 5.74) is 4.61. The van der Waals surface area contributed by atoms with E-state index in [2.05, 4.69) is 59.0 Å². The van der Waals surface area contributed by atoms with Crippen LogP contribution in [0.1, 0.15) is 35.6 Å². The number of aryl methyl sites for hydroxylation is 1. The van der Waals surface area contributed by atoms with E-state index in [-0.39, 0.29) is 11.9 Å². The Kier molecular flexibility index (Phi) is 5.53. The number of carbonyl (C=O) groups is 1. The molecule has 3 heteroatoms. The summed E-state index contributed by atoms with van der Waals surface area (Å²) in [4.78, 5) is 16.0. The highest BCUT2D eigenvalue weighted by Gasteiger charge is 2.16. The summed E-state index contributed by atoms with van der Waals surface area (Å²) in [6.07, 6.45) is 4.28. The largest absolute Gasteiger partial charge is 0.361 e. The second-order valence-corrected chi connectivity index (χ2v) is 7.03. The van der Waals surface area contributed by atoms with Gasteiger partial charge in [0.25, 0.3) is 0 Å². The van der Waals surface area contributed by atoms with Gasteiger partial charge in [-0.3, -0.25) is 4.79 Å². The van der Waals surface area contributed by atoms with Crippen LogP contribution >= 0.6 is 0 Å². The Balaban J connectivity index is 1.40. The van der Waals surface area contributed by atoms with Crippen LogP contribution in [0.3, 0.4) is 0 Å². The van der Waals surface area contributed by atoms with E-state index in [1.54, 1.807) is 0 Å². The molecule has 0 aliphatic heterocycles. The number of hydrogen-bond acceptors (Lipinski definition) is 1. The molecule has 3 aromatic carbocycles. The Hall–Kier alpha value is -3.33. The highest BCUT2D eigenvalue weighted by atomic mass is 16.1. The fraction of sp³-hybridized carbons (Fsp3) is 0.160. The molecule has 0 aliphatic carbocycles. The molecule has 2 N–H and O–H groups in total. The first-order valence-corrected chi connectivity index (χ1v) is 9.75. The number of carbonyl (C=O) groups excluding carboxylic acids is 1. The van der Waals surface area contributed by atoms with Crippen LogP contribution < -0.4 is 5.32 Å². The number of fused-ring (bicyclic) bond motifs is 1. The highest BCUT2D eigenvalue weighted by Crippen LogP contribution is 2.23. The predicted molar refractivity (Wildman–Crippen MR) is 114 cm³/mol. The molecule has 0 radical (unpaired) electrons. The summed E-state index contributed by atoms with van der Waals surface area (Å²) in [5.74, 6) is 0.0811. The summed E-state index contributed by atoms with van der Waals surface area (Å²) < 4.78 is 0. The fourth-order valence-corrected chi connectivity index (χ4v) is 3.66. The van der Waals surface area contributed by atoms with Crippen LogP contribution in [0.15, 0.2) is 91.1 Å². The predicted octanol–water partition coefficient (Wildman–Crippen LogP) is 5.40. The van der Waals surface area contributed by atoms with Gasteiger partial charge in [-0.1, -0.05) is 78.9 Å². The monoisotopic (exact) mass is 368 g/mol. The average Bonchev–Trinajstić information content (AvgIpc) is 3.16. The third-order valence-electron chi connectivity index (χ3n) is 5.10. The molecule has 0 saturated heterocycles. The minimum atomic E-state index is -0.122. The van der Waals surface area contributed by atoms with E-state index < -0.39 is 0 Å². The van der Waals surface area contributed by atoms with Gasteiger partial charge in [0.1, 0.15) is 0 Å². The molecule has 1 amide bonds. The normalized spacial score (nSPS) is 11.0. The molecule has 3 nitrogen and oxygen atoms in total. The Morgan fingerprint density at radius 2 is 1.43 bits per heavy atom. The third kappa shape index (κ3) is 4.15. The van der Waals surface area contributed by atoms with Crippen molar-refractivity contribution in [2.75, 3.05) is 0 Å². The zero-order chi connectivity index (χ0) is 19.2. The van der Waals surface area contributed by atoms with Gasteiger partial charge < -0.3 is 10.3 Å². The van der Waals surface area contributed by atoms with Crippen LogP contribution in [0.5, 0.6) is 0 Å². The maximum Gasteiger partial charge on any atom is 0.220 e. The van der Waals surface area contributed by atoms with Crippen molar-refractivity contribution >= 4 is 16.8 Å². The maximum absolute atomic E-state index is 12.7. The molecule has 140 valence electrons. The van der Waals surface area contributed by atoms with Crippen molar-refractivity contribution in [3.8, 4) is 0 Å². The molecule has 0 unspecified atom stereocenters. The fourth-order valence-electron chi connectivity index (χ4n) is 3.66. The van der Waals surface area contributed by atoms with Gasteiger partial charge in [0.2, 0.25) is 5.91 Å². The van der Waals surface area contributed by atoms with Crippen molar-refractivity contribution in [1.29, 1.82) is 0 Å². The maximum atomic E-state index is 12.7. The quantitative estimate of drug-likeness (QED) is 0.451. The molecule has 0 spiro atoms. The lowest BCUT2D eigenvalue weighted by Gasteiger charge is -2.20. The van der Waals surface area contributed by atoms with Crippen molar-refractivity contribution in [2.24, 2.45) is 0 Å². The zero-order valence-corrected chi connectivity index (χ0v) is 15.8. The van der Waals surface area contributed by atoms with E-state index in [4.69, 9.17) is 0 Å². The van der Waals surface area contributed by atoms with Crippen molar-refractivity contribution in [2.45, 2.75) is 25.3 Å². The smallest absolute Gasteiger partial charge is 0.220 e. The Labute approximate surface area is 165 Å². The highest BCUT2D eigenvalue weighted by molar-refractivity contribution is 5.83. The lowest BCUT2D eigenvalue weighted by atomic mass is 9.98. The molecular formula is C25H24N2O. The van der Waals surface area contributed by atoms with Crippen LogP contribution in [0.2, 0.25) is 0 Å². The Morgan fingerprint density at radius 1 is 0.821 bits per heavy atom. The molecular weight excluding hydrogens is 344 g/mol. The van der Waals surface area contributed by atoms with Crippen LogP contribution in [-0.4, -0.2) is 10.9 Å². The van der Waals surface area contributed by atoms with E-state index in [0.29, 0.717) is 6.42 Å². The van der Waals surface area contributed by atoms with E-state index in [1.807, 2.05) is 42.5 Å². The molecule has 0 aliphatic rings. The minimum absolute atomic E-state index is 0.0811. The van der Waals surface area contributed by atoms with Gasteiger partial charge in [0.15, 0.2) is 0 Å². The topological polar surface area (TPSA) is 44.9 Å². The first kappa shape index (κ1) is 18.1. The number of benzene rings is 3. The summed E-state index contributed by atoms with van der Waals surface area (Å²) in [6, 6.07) is 28.4. The zero-order valence-electron chi connectivity index (χ0n) is 15.8. The molecule has 4 rings (SSSR count). The van der Waals surface area contributed by atoms with Crippen molar-refractivity contribution in [1.82, 2.24) is 10.3 Å². The number of aromatic amines is 1.